The van der Waals surface area contributed by atoms with Gasteiger partial charge in [-0.05, 0) is 30.5 Å². The minimum Gasteiger partial charge on any atom is -0.391 e. The molecule has 2 aromatic rings. The third-order valence-electron chi connectivity index (χ3n) is 4.00. The molecular weight excluding hydrogens is 248 g/mol. The van der Waals surface area contributed by atoms with Crippen LogP contribution in [0.5, 0.6) is 0 Å². The van der Waals surface area contributed by atoms with Gasteiger partial charge in [0.1, 0.15) is 0 Å². The van der Waals surface area contributed by atoms with Gasteiger partial charge in [-0.15, -0.1) is 0 Å². The standard InChI is InChI=1S/C17H20N2O/c20-17-9-11-19(13-15-8-4-5-10-18-15)16(17)12-14-6-2-1-3-7-14/h1-8,10,16-17,20H,9,11-13H2/t16-,17+/m0/s1. The molecule has 1 fully saturated rings. The van der Waals surface area contributed by atoms with E-state index >= 15 is 0 Å². The van der Waals surface area contributed by atoms with Crippen molar-refractivity contribution in [2.24, 2.45) is 0 Å². The zero-order chi connectivity index (χ0) is 13.8. The Kier molecular flexibility index (Phi) is 4.09. The van der Waals surface area contributed by atoms with E-state index in [1.165, 1.54) is 5.56 Å². The van der Waals surface area contributed by atoms with E-state index in [1.54, 1.807) is 0 Å². The van der Waals surface area contributed by atoms with E-state index in [0.717, 1.165) is 31.6 Å². The van der Waals surface area contributed by atoms with Crippen LogP contribution in [-0.4, -0.2) is 33.7 Å². The minimum atomic E-state index is -0.237. The first-order chi connectivity index (χ1) is 9.83. The van der Waals surface area contributed by atoms with Gasteiger partial charge in [-0.1, -0.05) is 36.4 Å². The van der Waals surface area contributed by atoms with Crippen LogP contribution in [0.25, 0.3) is 0 Å². The molecule has 0 bridgehead atoms. The molecule has 1 aromatic heterocycles. The lowest BCUT2D eigenvalue weighted by Gasteiger charge is -2.26. The number of hydrogen-bond donors (Lipinski definition) is 1. The van der Waals surface area contributed by atoms with Crippen molar-refractivity contribution >= 4 is 0 Å². The zero-order valence-electron chi connectivity index (χ0n) is 11.5. The van der Waals surface area contributed by atoms with Crippen LogP contribution in [0.15, 0.2) is 54.7 Å². The van der Waals surface area contributed by atoms with E-state index < -0.39 is 0 Å². The molecule has 3 heteroatoms. The molecule has 104 valence electrons. The predicted octanol–water partition coefficient (Wildman–Crippen LogP) is 2.26. The van der Waals surface area contributed by atoms with E-state index in [1.807, 2.05) is 30.5 Å². The first-order valence-electron chi connectivity index (χ1n) is 7.19. The highest BCUT2D eigenvalue weighted by molar-refractivity contribution is 5.17. The van der Waals surface area contributed by atoms with Gasteiger partial charge in [0.2, 0.25) is 0 Å². The molecule has 20 heavy (non-hydrogen) atoms. The Balaban J connectivity index is 1.70. The van der Waals surface area contributed by atoms with Crippen LogP contribution < -0.4 is 0 Å². The lowest BCUT2D eigenvalue weighted by atomic mass is 10.0. The van der Waals surface area contributed by atoms with E-state index in [4.69, 9.17) is 0 Å². The fourth-order valence-corrected chi connectivity index (χ4v) is 2.92. The number of rotatable bonds is 4. The maximum atomic E-state index is 10.2. The van der Waals surface area contributed by atoms with Gasteiger partial charge in [-0.25, -0.2) is 0 Å². The van der Waals surface area contributed by atoms with Crippen LogP contribution in [0.3, 0.4) is 0 Å². The molecule has 1 aliphatic heterocycles. The number of hydrogen-bond acceptors (Lipinski definition) is 3. The fraction of sp³-hybridized carbons (Fsp3) is 0.353. The zero-order valence-corrected chi connectivity index (χ0v) is 11.5. The maximum Gasteiger partial charge on any atom is 0.0710 e. The Hall–Kier alpha value is -1.71. The van der Waals surface area contributed by atoms with Gasteiger partial charge in [0.05, 0.1) is 11.8 Å². The third-order valence-corrected chi connectivity index (χ3v) is 4.00. The number of pyridine rings is 1. The van der Waals surface area contributed by atoms with E-state index in [0.29, 0.717) is 0 Å². The molecule has 0 radical (unpaired) electrons. The number of nitrogens with zero attached hydrogens (tertiary/aromatic N) is 2. The number of aliphatic hydroxyl groups excluding tert-OH is 1. The van der Waals surface area contributed by atoms with Gasteiger partial charge in [0.25, 0.3) is 0 Å². The summed E-state index contributed by atoms with van der Waals surface area (Å²) in [6, 6.07) is 16.6. The largest absolute Gasteiger partial charge is 0.391 e. The monoisotopic (exact) mass is 268 g/mol. The van der Waals surface area contributed by atoms with Gasteiger partial charge < -0.3 is 5.11 Å². The topological polar surface area (TPSA) is 36.4 Å². The van der Waals surface area contributed by atoms with E-state index in [9.17, 15) is 5.11 Å². The number of aliphatic hydroxyl groups is 1. The summed E-state index contributed by atoms with van der Waals surface area (Å²) in [5.74, 6) is 0. The molecule has 2 heterocycles. The lowest BCUT2D eigenvalue weighted by molar-refractivity contribution is 0.112. The molecule has 1 N–H and O–H groups in total. The number of aromatic nitrogens is 1. The highest BCUT2D eigenvalue weighted by Gasteiger charge is 2.32. The first kappa shape index (κ1) is 13.3. The highest BCUT2D eigenvalue weighted by atomic mass is 16.3. The van der Waals surface area contributed by atoms with Crippen molar-refractivity contribution in [2.75, 3.05) is 6.54 Å². The van der Waals surface area contributed by atoms with Gasteiger partial charge >= 0.3 is 0 Å². The quantitative estimate of drug-likeness (QED) is 0.924. The molecule has 0 unspecified atom stereocenters. The Morgan fingerprint density at radius 2 is 1.90 bits per heavy atom. The summed E-state index contributed by atoms with van der Waals surface area (Å²) < 4.78 is 0. The Labute approximate surface area is 119 Å². The average Bonchev–Trinajstić information content (AvgIpc) is 2.83. The van der Waals surface area contributed by atoms with E-state index in [-0.39, 0.29) is 12.1 Å². The molecule has 3 nitrogen and oxygen atoms in total. The molecule has 1 aromatic carbocycles. The summed E-state index contributed by atoms with van der Waals surface area (Å²) in [6.07, 6.45) is 3.34. The summed E-state index contributed by atoms with van der Waals surface area (Å²) in [4.78, 5) is 6.73. The predicted molar refractivity (Wildman–Crippen MR) is 79.2 cm³/mol. The SMILES string of the molecule is O[C@@H]1CCN(Cc2ccccn2)[C@H]1Cc1ccccc1. The molecular formula is C17H20N2O. The highest BCUT2D eigenvalue weighted by Crippen LogP contribution is 2.23. The summed E-state index contributed by atoms with van der Waals surface area (Å²) in [5, 5.41) is 10.2. The molecule has 1 aliphatic rings. The summed E-state index contributed by atoms with van der Waals surface area (Å²) in [7, 11) is 0. The fourth-order valence-electron chi connectivity index (χ4n) is 2.92. The molecule has 0 aliphatic carbocycles. The molecule has 0 spiro atoms. The molecule has 1 saturated heterocycles. The van der Waals surface area contributed by atoms with Gasteiger partial charge in [0, 0.05) is 25.3 Å². The second-order valence-corrected chi connectivity index (χ2v) is 5.40. The summed E-state index contributed by atoms with van der Waals surface area (Å²) in [6.45, 7) is 1.75. The summed E-state index contributed by atoms with van der Waals surface area (Å²) >= 11 is 0. The lowest BCUT2D eigenvalue weighted by Crippen LogP contribution is -2.36. The van der Waals surface area contributed by atoms with Gasteiger partial charge in [0.15, 0.2) is 0 Å². The third kappa shape index (κ3) is 3.06. The van der Waals surface area contributed by atoms with Crippen molar-refractivity contribution in [3.05, 3.63) is 66.0 Å². The second kappa shape index (κ2) is 6.16. The van der Waals surface area contributed by atoms with Crippen LogP contribution in [0.1, 0.15) is 17.7 Å². The Bertz CT molecular complexity index is 529. The average molecular weight is 268 g/mol. The molecule has 2 atom stereocenters. The van der Waals surface area contributed by atoms with Crippen molar-refractivity contribution in [1.82, 2.24) is 9.88 Å². The van der Waals surface area contributed by atoms with Crippen molar-refractivity contribution < 1.29 is 5.11 Å². The number of likely N-dealkylation sites (tertiary alicyclic amines) is 1. The number of benzene rings is 1. The van der Waals surface area contributed by atoms with Crippen LogP contribution in [0.4, 0.5) is 0 Å². The molecule has 0 saturated carbocycles. The normalized spacial score (nSPS) is 23.1. The smallest absolute Gasteiger partial charge is 0.0710 e. The Morgan fingerprint density at radius 3 is 2.65 bits per heavy atom. The molecule has 3 rings (SSSR count). The van der Waals surface area contributed by atoms with Gasteiger partial charge in [-0.2, -0.15) is 0 Å². The van der Waals surface area contributed by atoms with Crippen LogP contribution in [0, 0.1) is 0 Å². The second-order valence-electron chi connectivity index (χ2n) is 5.40. The van der Waals surface area contributed by atoms with Crippen LogP contribution in [0.2, 0.25) is 0 Å². The van der Waals surface area contributed by atoms with Crippen molar-refractivity contribution in [3.8, 4) is 0 Å². The Morgan fingerprint density at radius 1 is 1.10 bits per heavy atom. The molecule has 0 amide bonds. The van der Waals surface area contributed by atoms with Crippen LogP contribution in [-0.2, 0) is 13.0 Å². The maximum absolute atomic E-state index is 10.2. The van der Waals surface area contributed by atoms with Gasteiger partial charge in [-0.3, -0.25) is 9.88 Å². The minimum absolute atomic E-state index is 0.194. The van der Waals surface area contributed by atoms with Crippen molar-refractivity contribution in [2.45, 2.75) is 31.5 Å². The first-order valence-corrected chi connectivity index (χ1v) is 7.19. The summed E-state index contributed by atoms with van der Waals surface area (Å²) in [5.41, 5.74) is 2.35. The van der Waals surface area contributed by atoms with Crippen molar-refractivity contribution in [3.63, 3.8) is 0 Å². The van der Waals surface area contributed by atoms with Crippen molar-refractivity contribution in [1.29, 1.82) is 0 Å². The van der Waals surface area contributed by atoms with Crippen LogP contribution >= 0.6 is 0 Å². The van der Waals surface area contributed by atoms with E-state index in [2.05, 4.69) is 34.1 Å².